The van der Waals surface area contributed by atoms with Crippen molar-refractivity contribution in [2.45, 2.75) is 32.2 Å². The average Bonchev–Trinajstić information content (AvgIpc) is 2.37. The van der Waals surface area contributed by atoms with Gasteiger partial charge in [-0.15, -0.1) is 0 Å². The summed E-state index contributed by atoms with van der Waals surface area (Å²) in [5.41, 5.74) is -0.592. The van der Waals surface area contributed by atoms with E-state index in [-0.39, 0.29) is 0 Å². The first-order chi connectivity index (χ1) is 8.98. The molecular weight excluding hydrogens is 244 g/mol. The molecule has 0 radical (unpaired) electrons. The number of aliphatic carboxylic acids is 1. The molecule has 1 aromatic heterocycles. The van der Waals surface area contributed by atoms with Gasteiger partial charge in [-0.25, -0.2) is 4.79 Å². The minimum atomic E-state index is -1.24. The third kappa shape index (κ3) is 4.54. The van der Waals surface area contributed by atoms with Crippen LogP contribution in [-0.4, -0.2) is 27.5 Å². The van der Waals surface area contributed by atoms with E-state index >= 15 is 0 Å². The first kappa shape index (κ1) is 14.9. The molecule has 1 heterocycles. The number of carbonyl (C=O) groups excluding carboxylic acids is 1. The fourth-order valence-electron chi connectivity index (χ4n) is 1.67. The maximum Gasteiger partial charge on any atom is 0.329 e. The maximum atomic E-state index is 11.7. The number of carbonyl (C=O) groups is 2. The Morgan fingerprint density at radius 1 is 1.47 bits per heavy atom. The molecule has 19 heavy (non-hydrogen) atoms. The number of pyridine rings is 1. The van der Waals surface area contributed by atoms with E-state index in [0.717, 1.165) is 0 Å². The molecule has 0 bridgehead atoms. The Morgan fingerprint density at radius 3 is 2.74 bits per heavy atom. The number of carboxylic acids is 1. The molecule has 1 aromatic rings. The highest BCUT2D eigenvalue weighted by molar-refractivity contribution is 5.95. The van der Waals surface area contributed by atoms with Crippen LogP contribution in [0.2, 0.25) is 0 Å². The van der Waals surface area contributed by atoms with E-state index in [1.165, 1.54) is 13.0 Å². The van der Waals surface area contributed by atoms with Crippen LogP contribution in [-0.2, 0) is 9.59 Å². The Labute approximate surface area is 112 Å². The highest BCUT2D eigenvalue weighted by Gasteiger charge is 2.33. The zero-order chi connectivity index (χ0) is 14.3. The Morgan fingerprint density at radius 2 is 2.21 bits per heavy atom. The number of hydrogen-bond donors (Lipinski definition) is 2. The van der Waals surface area contributed by atoms with Crippen molar-refractivity contribution >= 4 is 18.0 Å². The molecule has 1 atom stereocenters. The Bertz CT molecular complexity index is 471. The first-order valence-electron chi connectivity index (χ1n) is 6.12. The van der Waals surface area contributed by atoms with Gasteiger partial charge in [0.2, 0.25) is 5.91 Å². The van der Waals surface area contributed by atoms with Gasteiger partial charge in [0.05, 0.1) is 5.69 Å². The molecule has 2 N–H and O–H groups in total. The number of nitrogens with zero attached hydrogens (tertiary/aromatic N) is 1. The van der Waals surface area contributed by atoms with Crippen LogP contribution in [0.5, 0.6) is 0 Å². The van der Waals surface area contributed by atoms with Gasteiger partial charge in [0.25, 0.3) is 0 Å². The molecule has 0 aliphatic rings. The maximum absolute atomic E-state index is 11.7. The zero-order valence-corrected chi connectivity index (χ0v) is 11.1. The third-order valence-corrected chi connectivity index (χ3v) is 2.71. The fraction of sp³-hybridized carbons (Fsp3) is 0.357. The summed E-state index contributed by atoms with van der Waals surface area (Å²) in [6, 6.07) is 5.34. The van der Waals surface area contributed by atoms with Crippen LogP contribution in [0.3, 0.4) is 0 Å². The SMILES string of the molecule is CCCC(C)(NC(=O)/C=C/c1ccccn1)C(=O)O. The van der Waals surface area contributed by atoms with Gasteiger partial charge in [-0.3, -0.25) is 9.78 Å². The zero-order valence-electron chi connectivity index (χ0n) is 11.1. The largest absolute Gasteiger partial charge is 0.480 e. The second-order valence-corrected chi connectivity index (χ2v) is 4.46. The van der Waals surface area contributed by atoms with Crippen molar-refractivity contribution in [1.82, 2.24) is 10.3 Å². The number of aromatic nitrogens is 1. The van der Waals surface area contributed by atoms with Crippen molar-refractivity contribution in [2.24, 2.45) is 0 Å². The Hall–Kier alpha value is -2.17. The summed E-state index contributed by atoms with van der Waals surface area (Å²) in [4.78, 5) is 26.9. The van der Waals surface area contributed by atoms with Gasteiger partial charge in [-0.05, 0) is 31.6 Å². The standard InChI is InChI=1S/C14H18N2O3/c1-3-9-14(2,13(18)19)16-12(17)8-7-11-6-4-5-10-15-11/h4-8,10H,3,9H2,1-2H3,(H,16,17)(H,18,19)/b8-7+. The lowest BCUT2D eigenvalue weighted by Gasteiger charge is -2.24. The van der Waals surface area contributed by atoms with Crippen LogP contribution in [0.25, 0.3) is 6.08 Å². The van der Waals surface area contributed by atoms with Crippen LogP contribution >= 0.6 is 0 Å². The van der Waals surface area contributed by atoms with Crippen molar-refractivity contribution < 1.29 is 14.7 Å². The van der Waals surface area contributed by atoms with Crippen molar-refractivity contribution in [3.63, 3.8) is 0 Å². The molecule has 0 aromatic carbocycles. The highest BCUT2D eigenvalue weighted by Crippen LogP contribution is 2.12. The average molecular weight is 262 g/mol. The monoisotopic (exact) mass is 262 g/mol. The van der Waals surface area contributed by atoms with Gasteiger partial charge in [0, 0.05) is 12.3 Å². The van der Waals surface area contributed by atoms with Crippen LogP contribution < -0.4 is 5.32 Å². The molecule has 1 unspecified atom stereocenters. The number of amides is 1. The summed E-state index contributed by atoms with van der Waals surface area (Å²) < 4.78 is 0. The Balaban J connectivity index is 2.68. The van der Waals surface area contributed by atoms with Gasteiger partial charge < -0.3 is 10.4 Å². The van der Waals surface area contributed by atoms with Crippen molar-refractivity contribution in [3.8, 4) is 0 Å². The van der Waals surface area contributed by atoms with Gasteiger partial charge in [0.15, 0.2) is 0 Å². The van der Waals surface area contributed by atoms with E-state index < -0.39 is 17.4 Å². The Kier molecular flexibility index (Phi) is 5.23. The normalized spacial score (nSPS) is 14.0. The van der Waals surface area contributed by atoms with E-state index in [4.69, 9.17) is 5.11 Å². The van der Waals surface area contributed by atoms with Crippen molar-refractivity contribution in [2.75, 3.05) is 0 Å². The molecule has 0 spiro atoms. The number of rotatable bonds is 6. The van der Waals surface area contributed by atoms with Crippen LogP contribution in [0.1, 0.15) is 32.4 Å². The van der Waals surface area contributed by atoms with Crippen LogP contribution in [0.4, 0.5) is 0 Å². The molecule has 102 valence electrons. The minimum absolute atomic E-state index is 0.380. The first-order valence-corrected chi connectivity index (χ1v) is 6.12. The number of nitrogens with one attached hydrogen (secondary N) is 1. The summed E-state index contributed by atoms with van der Waals surface area (Å²) in [6.45, 7) is 3.38. The third-order valence-electron chi connectivity index (χ3n) is 2.71. The molecule has 0 aliphatic heterocycles. The predicted octanol–water partition coefficient (Wildman–Crippen LogP) is 1.85. The van der Waals surface area contributed by atoms with Crippen molar-refractivity contribution in [1.29, 1.82) is 0 Å². The highest BCUT2D eigenvalue weighted by atomic mass is 16.4. The molecule has 0 aliphatic carbocycles. The second-order valence-electron chi connectivity index (χ2n) is 4.46. The summed E-state index contributed by atoms with van der Waals surface area (Å²) in [5.74, 6) is -1.47. The fourth-order valence-corrected chi connectivity index (χ4v) is 1.67. The van der Waals surface area contributed by atoms with Crippen LogP contribution in [0, 0.1) is 0 Å². The molecule has 5 heteroatoms. The molecule has 5 nitrogen and oxygen atoms in total. The van der Waals surface area contributed by atoms with E-state index in [9.17, 15) is 9.59 Å². The lowest BCUT2D eigenvalue weighted by atomic mass is 9.96. The molecular formula is C14H18N2O3. The van der Waals surface area contributed by atoms with Gasteiger partial charge in [0.1, 0.15) is 5.54 Å². The van der Waals surface area contributed by atoms with E-state index in [0.29, 0.717) is 18.5 Å². The summed E-state index contributed by atoms with van der Waals surface area (Å²) >= 11 is 0. The van der Waals surface area contributed by atoms with E-state index in [2.05, 4.69) is 10.3 Å². The summed E-state index contributed by atoms with van der Waals surface area (Å²) in [5, 5.41) is 11.7. The molecule has 1 rings (SSSR count). The summed E-state index contributed by atoms with van der Waals surface area (Å²) in [7, 11) is 0. The van der Waals surface area contributed by atoms with Gasteiger partial charge in [-0.2, -0.15) is 0 Å². The number of carboxylic acid groups (broad SMARTS) is 1. The van der Waals surface area contributed by atoms with Crippen LogP contribution in [0.15, 0.2) is 30.5 Å². The molecule has 0 saturated carbocycles. The minimum Gasteiger partial charge on any atom is -0.480 e. The van der Waals surface area contributed by atoms with E-state index in [1.807, 2.05) is 13.0 Å². The van der Waals surface area contributed by atoms with Gasteiger partial charge >= 0.3 is 5.97 Å². The van der Waals surface area contributed by atoms with Gasteiger partial charge in [-0.1, -0.05) is 19.4 Å². The predicted molar refractivity (Wildman–Crippen MR) is 72.4 cm³/mol. The lowest BCUT2D eigenvalue weighted by Crippen LogP contribution is -2.51. The summed E-state index contributed by atoms with van der Waals surface area (Å²) in [6.07, 6.45) is 5.51. The smallest absolute Gasteiger partial charge is 0.329 e. The number of hydrogen-bond acceptors (Lipinski definition) is 3. The molecule has 0 fully saturated rings. The van der Waals surface area contributed by atoms with E-state index in [1.54, 1.807) is 24.4 Å². The lowest BCUT2D eigenvalue weighted by molar-refractivity contribution is -0.146. The quantitative estimate of drug-likeness (QED) is 0.767. The second kappa shape index (κ2) is 6.68. The molecule has 0 saturated heterocycles. The molecule has 1 amide bonds. The topological polar surface area (TPSA) is 79.3 Å². The van der Waals surface area contributed by atoms with Crippen molar-refractivity contribution in [3.05, 3.63) is 36.2 Å².